The van der Waals surface area contributed by atoms with Crippen molar-refractivity contribution in [2.75, 3.05) is 26.9 Å². The highest BCUT2D eigenvalue weighted by Crippen LogP contribution is 2.28. The van der Waals surface area contributed by atoms with Gasteiger partial charge in [-0.15, -0.1) is 0 Å². The molecule has 0 saturated carbocycles. The first kappa shape index (κ1) is 24.6. The minimum absolute atomic E-state index is 0.114. The summed E-state index contributed by atoms with van der Waals surface area (Å²) in [6.07, 6.45) is 7.47. The summed E-state index contributed by atoms with van der Waals surface area (Å²) in [4.78, 5) is 12.6. The number of rotatable bonds is 15. The Morgan fingerprint density at radius 3 is 2.16 bits per heavy atom. The maximum atomic E-state index is 12.6. The summed E-state index contributed by atoms with van der Waals surface area (Å²) in [5.41, 5.74) is 1.73. The fourth-order valence-electron chi connectivity index (χ4n) is 3.18. The number of nitrogens with one attached hydrogen (secondary N) is 1. The fraction of sp³-hybridized carbons (Fsp3) is 0.500. The molecule has 0 aliphatic rings. The van der Waals surface area contributed by atoms with Gasteiger partial charge in [0.2, 0.25) is 0 Å². The number of methoxy groups -OCH3 is 1. The van der Waals surface area contributed by atoms with Gasteiger partial charge in [-0.3, -0.25) is 4.79 Å². The van der Waals surface area contributed by atoms with E-state index in [4.69, 9.17) is 14.2 Å². The lowest BCUT2D eigenvalue weighted by atomic mass is 10.1. The van der Waals surface area contributed by atoms with Gasteiger partial charge in [-0.05, 0) is 55.2 Å². The normalized spacial score (nSPS) is 10.5. The smallest absolute Gasteiger partial charge is 0.251 e. The molecule has 0 aliphatic carbocycles. The summed E-state index contributed by atoms with van der Waals surface area (Å²) in [6.45, 7) is 6.28. The Labute approximate surface area is 187 Å². The second-order valence-corrected chi connectivity index (χ2v) is 7.63. The molecule has 2 aromatic rings. The van der Waals surface area contributed by atoms with E-state index < -0.39 is 0 Å². The molecular weight excluding hydrogens is 390 g/mol. The highest BCUT2D eigenvalue weighted by atomic mass is 16.5. The third kappa shape index (κ3) is 8.91. The molecule has 5 nitrogen and oxygen atoms in total. The average Bonchev–Trinajstić information content (AvgIpc) is 2.80. The van der Waals surface area contributed by atoms with E-state index >= 15 is 0 Å². The zero-order valence-corrected chi connectivity index (χ0v) is 19.2. The third-order valence-corrected chi connectivity index (χ3v) is 5.07. The molecule has 0 aliphatic heterocycles. The molecule has 0 unspecified atom stereocenters. The van der Waals surface area contributed by atoms with Crippen LogP contribution in [-0.2, 0) is 6.42 Å². The highest BCUT2D eigenvalue weighted by Gasteiger charge is 2.11. The molecule has 5 heteroatoms. The Kier molecular flexibility index (Phi) is 11.4. The van der Waals surface area contributed by atoms with E-state index in [0.29, 0.717) is 30.2 Å². The van der Waals surface area contributed by atoms with Gasteiger partial charge < -0.3 is 19.5 Å². The van der Waals surface area contributed by atoms with Gasteiger partial charge in [0.1, 0.15) is 5.75 Å². The van der Waals surface area contributed by atoms with Gasteiger partial charge in [0.25, 0.3) is 5.91 Å². The van der Waals surface area contributed by atoms with Gasteiger partial charge >= 0.3 is 0 Å². The van der Waals surface area contributed by atoms with Crippen molar-refractivity contribution in [3.8, 4) is 17.2 Å². The topological polar surface area (TPSA) is 56.8 Å². The Morgan fingerprint density at radius 2 is 1.52 bits per heavy atom. The Bertz CT molecular complexity index is 773. The van der Waals surface area contributed by atoms with Crippen LogP contribution in [0.5, 0.6) is 17.2 Å². The van der Waals surface area contributed by atoms with E-state index in [2.05, 4.69) is 31.3 Å². The van der Waals surface area contributed by atoms with E-state index in [9.17, 15) is 4.79 Å². The number of carbonyl (C=O) groups excluding carboxylic acids is 1. The number of unbranched alkanes of at least 4 members (excludes halogenated alkanes) is 4. The maximum absolute atomic E-state index is 12.6. The highest BCUT2D eigenvalue weighted by molar-refractivity contribution is 5.94. The van der Waals surface area contributed by atoms with Crippen molar-refractivity contribution in [2.24, 2.45) is 0 Å². The van der Waals surface area contributed by atoms with E-state index in [1.165, 1.54) is 12.8 Å². The summed E-state index contributed by atoms with van der Waals surface area (Å²) < 4.78 is 16.9. The first-order valence-electron chi connectivity index (χ1n) is 11.5. The van der Waals surface area contributed by atoms with Crippen LogP contribution < -0.4 is 19.5 Å². The first-order chi connectivity index (χ1) is 15.2. The van der Waals surface area contributed by atoms with Crippen molar-refractivity contribution in [1.82, 2.24) is 5.32 Å². The molecule has 0 aromatic heterocycles. The molecule has 1 N–H and O–H groups in total. The summed E-state index contributed by atoms with van der Waals surface area (Å²) in [6, 6.07) is 13.4. The first-order valence-corrected chi connectivity index (χ1v) is 11.5. The number of ether oxygens (including phenoxy) is 3. The monoisotopic (exact) mass is 427 g/mol. The molecule has 0 saturated heterocycles. The molecular formula is C26H37NO4. The zero-order valence-electron chi connectivity index (χ0n) is 19.2. The molecule has 2 aromatic carbocycles. The van der Waals surface area contributed by atoms with Crippen LogP contribution in [0.15, 0.2) is 42.5 Å². The fourth-order valence-corrected chi connectivity index (χ4v) is 3.18. The molecule has 0 bridgehead atoms. The van der Waals surface area contributed by atoms with Gasteiger partial charge in [-0.2, -0.15) is 0 Å². The van der Waals surface area contributed by atoms with Crippen molar-refractivity contribution in [1.29, 1.82) is 0 Å². The molecule has 0 fully saturated rings. The third-order valence-electron chi connectivity index (χ3n) is 5.07. The van der Waals surface area contributed by atoms with Crippen molar-refractivity contribution in [2.45, 2.75) is 58.8 Å². The standard InChI is InChI=1S/C26H37NO4/c1-4-6-8-18-30-23-13-10-21(11-14-23)16-17-27-26(28)22-12-15-24(29-3)25(20-22)31-19-9-7-5-2/h10-15,20H,4-9,16-19H2,1-3H3,(H,27,28). The second kappa shape index (κ2) is 14.3. The Balaban J connectivity index is 1.81. The van der Waals surface area contributed by atoms with Crippen molar-refractivity contribution >= 4 is 5.91 Å². The van der Waals surface area contributed by atoms with E-state index in [0.717, 1.165) is 50.0 Å². The van der Waals surface area contributed by atoms with Crippen molar-refractivity contribution in [3.05, 3.63) is 53.6 Å². The molecule has 170 valence electrons. The minimum atomic E-state index is -0.114. The number of hydrogen-bond acceptors (Lipinski definition) is 4. The quantitative estimate of drug-likeness (QED) is 0.365. The number of hydrogen-bond donors (Lipinski definition) is 1. The summed E-state index contributed by atoms with van der Waals surface area (Å²) in [7, 11) is 1.61. The van der Waals surface area contributed by atoms with E-state index in [-0.39, 0.29) is 5.91 Å². The maximum Gasteiger partial charge on any atom is 0.251 e. The van der Waals surface area contributed by atoms with Crippen LogP contribution in [0.2, 0.25) is 0 Å². The van der Waals surface area contributed by atoms with E-state index in [1.807, 2.05) is 12.1 Å². The molecule has 2 rings (SSSR count). The lowest BCUT2D eigenvalue weighted by molar-refractivity contribution is 0.0953. The molecule has 0 radical (unpaired) electrons. The van der Waals surface area contributed by atoms with Crippen LogP contribution >= 0.6 is 0 Å². The van der Waals surface area contributed by atoms with Crippen LogP contribution in [0.4, 0.5) is 0 Å². The predicted molar refractivity (Wildman–Crippen MR) is 126 cm³/mol. The summed E-state index contributed by atoms with van der Waals surface area (Å²) in [5, 5.41) is 2.98. The predicted octanol–water partition coefficient (Wildman–Crippen LogP) is 5.81. The Hall–Kier alpha value is -2.69. The van der Waals surface area contributed by atoms with Crippen LogP contribution in [-0.4, -0.2) is 32.8 Å². The van der Waals surface area contributed by atoms with Crippen LogP contribution in [0, 0.1) is 0 Å². The van der Waals surface area contributed by atoms with Gasteiger partial charge in [-0.1, -0.05) is 51.7 Å². The van der Waals surface area contributed by atoms with Gasteiger partial charge in [0.05, 0.1) is 20.3 Å². The van der Waals surface area contributed by atoms with Crippen molar-refractivity contribution < 1.29 is 19.0 Å². The van der Waals surface area contributed by atoms with Crippen molar-refractivity contribution in [3.63, 3.8) is 0 Å². The average molecular weight is 428 g/mol. The Morgan fingerprint density at radius 1 is 0.839 bits per heavy atom. The molecule has 0 spiro atoms. The number of carbonyl (C=O) groups is 1. The summed E-state index contributed by atoms with van der Waals surface area (Å²) >= 11 is 0. The molecule has 1 amide bonds. The second-order valence-electron chi connectivity index (χ2n) is 7.63. The number of amides is 1. The molecule has 0 heterocycles. The lowest BCUT2D eigenvalue weighted by Crippen LogP contribution is -2.25. The van der Waals surface area contributed by atoms with Gasteiger partial charge in [-0.25, -0.2) is 0 Å². The van der Waals surface area contributed by atoms with Gasteiger partial charge in [0, 0.05) is 12.1 Å². The summed E-state index contributed by atoms with van der Waals surface area (Å²) in [5.74, 6) is 2.04. The SMILES string of the molecule is CCCCCOc1ccc(CCNC(=O)c2ccc(OC)c(OCCCCC)c2)cc1. The zero-order chi connectivity index (χ0) is 22.3. The lowest BCUT2D eigenvalue weighted by Gasteiger charge is -2.12. The number of benzene rings is 2. The van der Waals surface area contributed by atoms with Crippen LogP contribution in [0.25, 0.3) is 0 Å². The van der Waals surface area contributed by atoms with E-state index in [1.54, 1.807) is 25.3 Å². The molecule has 0 atom stereocenters. The minimum Gasteiger partial charge on any atom is -0.494 e. The molecule has 31 heavy (non-hydrogen) atoms. The van der Waals surface area contributed by atoms with Crippen LogP contribution in [0.3, 0.4) is 0 Å². The van der Waals surface area contributed by atoms with Crippen LogP contribution in [0.1, 0.15) is 68.3 Å². The van der Waals surface area contributed by atoms with Gasteiger partial charge in [0.15, 0.2) is 11.5 Å². The largest absolute Gasteiger partial charge is 0.494 e.